The van der Waals surface area contributed by atoms with Gasteiger partial charge >= 0.3 is 0 Å². The van der Waals surface area contributed by atoms with Crippen LogP contribution in [0.3, 0.4) is 0 Å². The smallest absolute Gasteiger partial charge is 0.298 e. The molecule has 0 spiro atoms. The van der Waals surface area contributed by atoms with Gasteiger partial charge in [-0.3, -0.25) is 0 Å². The van der Waals surface area contributed by atoms with Crippen LogP contribution in [0.15, 0.2) is 17.5 Å². The molecular weight excluding hydrogens is 292 g/mol. The summed E-state index contributed by atoms with van der Waals surface area (Å²) in [5, 5.41) is 6.92. The van der Waals surface area contributed by atoms with Crippen LogP contribution in [0.5, 0.6) is 0 Å². The molecule has 0 atom stereocenters. The van der Waals surface area contributed by atoms with Gasteiger partial charge in [0.25, 0.3) is 10.2 Å². The topological polar surface area (TPSA) is 111 Å². The first kappa shape index (κ1) is 13.4. The second-order valence-corrected chi connectivity index (χ2v) is 6.81. The Hall–Kier alpha value is -1.00. The van der Waals surface area contributed by atoms with E-state index in [1.54, 1.807) is 16.7 Å². The SMILES string of the molecule is NCCc1ccc(-c2csc(NS(N)(=O)=O)n2)s1. The van der Waals surface area contributed by atoms with Crippen molar-refractivity contribution in [3.05, 3.63) is 22.4 Å². The maximum atomic E-state index is 10.9. The van der Waals surface area contributed by atoms with Crippen LogP contribution in [0.25, 0.3) is 10.6 Å². The maximum Gasteiger partial charge on any atom is 0.298 e. The third-order valence-electron chi connectivity index (χ3n) is 2.04. The van der Waals surface area contributed by atoms with Crippen molar-refractivity contribution in [3.63, 3.8) is 0 Å². The van der Waals surface area contributed by atoms with Crippen molar-refractivity contribution in [2.24, 2.45) is 10.9 Å². The van der Waals surface area contributed by atoms with Gasteiger partial charge in [-0.1, -0.05) is 0 Å². The fourth-order valence-corrected chi connectivity index (χ4v) is 3.79. The molecule has 0 aromatic carbocycles. The fraction of sp³-hybridized carbons (Fsp3) is 0.222. The van der Waals surface area contributed by atoms with Gasteiger partial charge in [0.05, 0.1) is 10.6 Å². The molecule has 2 aromatic heterocycles. The first-order valence-electron chi connectivity index (χ1n) is 5.03. The summed E-state index contributed by atoms with van der Waals surface area (Å²) in [6, 6.07) is 3.95. The van der Waals surface area contributed by atoms with Gasteiger partial charge in [0.15, 0.2) is 5.13 Å². The van der Waals surface area contributed by atoms with E-state index < -0.39 is 10.2 Å². The molecule has 18 heavy (non-hydrogen) atoms. The number of rotatable bonds is 5. The van der Waals surface area contributed by atoms with Crippen molar-refractivity contribution in [2.75, 3.05) is 11.3 Å². The molecule has 0 aliphatic heterocycles. The predicted molar refractivity (Wildman–Crippen MR) is 74.9 cm³/mol. The van der Waals surface area contributed by atoms with Gasteiger partial charge in [0.1, 0.15) is 0 Å². The molecule has 0 saturated heterocycles. The molecule has 0 unspecified atom stereocenters. The van der Waals surface area contributed by atoms with E-state index in [1.165, 1.54) is 16.2 Å². The number of hydrogen-bond acceptors (Lipinski definition) is 6. The zero-order chi connectivity index (χ0) is 13.2. The molecule has 0 bridgehead atoms. The molecule has 2 rings (SSSR count). The monoisotopic (exact) mass is 304 g/mol. The Balaban J connectivity index is 2.18. The van der Waals surface area contributed by atoms with Gasteiger partial charge in [0.2, 0.25) is 0 Å². The van der Waals surface area contributed by atoms with Gasteiger partial charge in [-0.2, -0.15) is 8.42 Å². The number of thiophene rings is 1. The molecule has 0 saturated carbocycles. The summed E-state index contributed by atoms with van der Waals surface area (Å²) in [6.07, 6.45) is 0.830. The van der Waals surface area contributed by atoms with E-state index >= 15 is 0 Å². The number of nitrogens with one attached hydrogen (secondary N) is 1. The van der Waals surface area contributed by atoms with Gasteiger partial charge in [-0.25, -0.2) is 14.8 Å². The predicted octanol–water partition coefficient (Wildman–Crippen LogP) is 0.988. The van der Waals surface area contributed by atoms with E-state index in [4.69, 9.17) is 10.9 Å². The number of hydrogen-bond donors (Lipinski definition) is 3. The number of nitrogens with two attached hydrogens (primary N) is 2. The first-order chi connectivity index (χ1) is 8.48. The molecule has 0 aliphatic carbocycles. The van der Waals surface area contributed by atoms with Crippen molar-refractivity contribution in [2.45, 2.75) is 6.42 Å². The molecular formula is C9H12N4O2S3. The van der Waals surface area contributed by atoms with E-state index in [2.05, 4.69) is 9.71 Å². The third kappa shape index (κ3) is 3.50. The largest absolute Gasteiger partial charge is 0.330 e. The molecule has 2 heterocycles. The van der Waals surface area contributed by atoms with Crippen molar-refractivity contribution in [1.82, 2.24) is 4.98 Å². The lowest BCUT2D eigenvalue weighted by Gasteiger charge is -1.96. The van der Waals surface area contributed by atoms with E-state index in [9.17, 15) is 8.42 Å². The highest BCUT2D eigenvalue weighted by atomic mass is 32.2. The minimum atomic E-state index is -3.76. The summed E-state index contributed by atoms with van der Waals surface area (Å²) in [6.45, 7) is 0.606. The van der Waals surface area contributed by atoms with Crippen LogP contribution in [0.1, 0.15) is 4.88 Å². The zero-order valence-corrected chi connectivity index (χ0v) is 11.7. The van der Waals surface area contributed by atoms with Crippen LogP contribution in [-0.2, 0) is 16.6 Å². The minimum absolute atomic E-state index is 0.265. The summed E-state index contributed by atoms with van der Waals surface area (Å²) < 4.78 is 23.9. The van der Waals surface area contributed by atoms with Crippen molar-refractivity contribution in [1.29, 1.82) is 0 Å². The van der Waals surface area contributed by atoms with Crippen LogP contribution in [0.4, 0.5) is 5.13 Å². The summed E-state index contributed by atoms with van der Waals surface area (Å²) in [5.41, 5.74) is 6.22. The first-order valence-corrected chi connectivity index (χ1v) is 8.27. The number of anilines is 1. The van der Waals surface area contributed by atoms with E-state index in [0.29, 0.717) is 6.54 Å². The number of thiazole rings is 1. The Bertz CT molecular complexity index is 632. The highest BCUT2D eigenvalue weighted by Crippen LogP contribution is 2.30. The summed E-state index contributed by atoms with van der Waals surface area (Å²) in [7, 11) is -3.76. The highest BCUT2D eigenvalue weighted by molar-refractivity contribution is 7.90. The Labute approximate surface area is 113 Å². The van der Waals surface area contributed by atoms with E-state index in [-0.39, 0.29) is 5.13 Å². The lowest BCUT2D eigenvalue weighted by Crippen LogP contribution is -2.21. The van der Waals surface area contributed by atoms with E-state index in [0.717, 1.165) is 17.0 Å². The lowest BCUT2D eigenvalue weighted by molar-refractivity contribution is 0.603. The number of aromatic nitrogens is 1. The second-order valence-electron chi connectivity index (χ2n) is 3.49. The summed E-state index contributed by atoms with van der Waals surface area (Å²) >= 11 is 2.79. The Morgan fingerprint density at radius 1 is 1.39 bits per heavy atom. The Morgan fingerprint density at radius 2 is 2.17 bits per heavy atom. The molecule has 2 aromatic rings. The van der Waals surface area contributed by atoms with Crippen LogP contribution >= 0.6 is 22.7 Å². The van der Waals surface area contributed by atoms with Crippen LogP contribution in [0.2, 0.25) is 0 Å². The van der Waals surface area contributed by atoms with Crippen LogP contribution < -0.4 is 15.6 Å². The molecule has 0 fully saturated rings. The quantitative estimate of drug-likeness (QED) is 0.764. The standard InChI is InChI=1S/C9H12N4O2S3/c10-4-3-6-1-2-8(17-6)7-5-16-9(12-7)13-18(11,14)15/h1-2,5H,3-4,10H2,(H,12,13)(H2,11,14,15). The van der Waals surface area contributed by atoms with Gasteiger partial charge in [0, 0.05) is 10.3 Å². The Morgan fingerprint density at radius 3 is 2.83 bits per heavy atom. The van der Waals surface area contributed by atoms with Gasteiger partial charge < -0.3 is 5.73 Å². The highest BCUT2D eigenvalue weighted by Gasteiger charge is 2.10. The normalized spacial score (nSPS) is 11.7. The zero-order valence-electron chi connectivity index (χ0n) is 9.29. The number of nitrogens with zero attached hydrogens (tertiary/aromatic N) is 1. The summed E-state index contributed by atoms with van der Waals surface area (Å²) in [4.78, 5) is 6.33. The molecule has 5 N–H and O–H groups in total. The fourth-order valence-electron chi connectivity index (χ4n) is 1.35. The molecule has 0 aliphatic rings. The average Bonchev–Trinajstić information content (AvgIpc) is 2.85. The van der Waals surface area contributed by atoms with Crippen molar-refractivity contribution >= 4 is 38.0 Å². The molecule has 0 amide bonds. The molecule has 0 radical (unpaired) electrons. The van der Waals surface area contributed by atoms with Crippen LogP contribution in [-0.4, -0.2) is 19.9 Å². The second kappa shape index (κ2) is 5.33. The molecule has 98 valence electrons. The maximum absolute atomic E-state index is 10.9. The minimum Gasteiger partial charge on any atom is -0.330 e. The van der Waals surface area contributed by atoms with Crippen molar-refractivity contribution < 1.29 is 8.42 Å². The van der Waals surface area contributed by atoms with Gasteiger partial charge in [-0.05, 0) is 25.1 Å². The van der Waals surface area contributed by atoms with Gasteiger partial charge in [-0.15, -0.1) is 22.7 Å². The Kier molecular flexibility index (Phi) is 3.97. The third-order valence-corrected chi connectivity index (χ3v) is 4.57. The lowest BCUT2D eigenvalue weighted by atomic mass is 10.3. The van der Waals surface area contributed by atoms with Crippen LogP contribution in [0, 0.1) is 0 Å². The van der Waals surface area contributed by atoms with Crippen molar-refractivity contribution in [3.8, 4) is 10.6 Å². The van der Waals surface area contributed by atoms with E-state index in [1.807, 2.05) is 12.1 Å². The molecule has 9 heteroatoms. The average molecular weight is 304 g/mol. The molecule has 6 nitrogen and oxygen atoms in total. The summed E-state index contributed by atoms with van der Waals surface area (Å²) in [5.74, 6) is 0.